The van der Waals surface area contributed by atoms with Crippen molar-refractivity contribution >= 4 is 0 Å². The fourth-order valence-corrected chi connectivity index (χ4v) is 2.58. The molecular weight excluding hydrogens is 256 g/mol. The van der Waals surface area contributed by atoms with Gasteiger partial charge in [-0.3, -0.25) is 0 Å². The molecular formula is C20H33O. The normalized spacial score (nSPS) is 10.7. The van der Waals surface area contributed by atoms with E-state index < -0.39 is 0 Å². The van der Waals surface area contributed by atoms with Crippen LogP contribution >= 0.6 is 0 Å². The van der Waals surface area contributed by atoms with Crippen LogP contribution in [0.25, 0.3) is 0 Å². The lowest BCUT2D eigenvalue weighted by molar-refractivity contribution is 0.304. The summed E-state index contributed by atoms with van der Waals surface area (Å²) in [5.74, 6) is 0.997. The molecule has 0 amide bonds. The Kier molecular flexibility index (Phi) is 12.0. The highest BCUT2D eigenvalue weighted by molar-refractivity contribution is 5.20. The van der Waals surface area contributed by atoms with E-state index in [-0.39, 0.29) is 0 Å². The molecule has 1 aromatic carbocycles. The van der Waals surface area contributed by atoms with Gasteiger partial charge in [0.15, 0.2) is 0 Å². The van der Waals surface area contributed by atoms with Crippen molar-refractivity contribution in [3.8, 4) is 5.75 Å². The van der Waals surface area contributed by atoms with Crippen LogP contribution in [0.15, 0.2) is 30.3 Å². The molecule has 0 heterocycles. The van der Waals surface area contributed by atoms with Crippen LogP contribution in [0.1, 0.15) is 77.0 Å². The number of hydrogen-bond donors (Lipinski definition) is 0. The third-order valence-corrected chi connectivity index (χ3v) is 3.91. The molecule has 1 heteroatoms. The second-order valence-corrected chi connectivity index (χ2v) is 5.90. The van der Waals surface area contributed by atoms with Gasteiger partial charge in [-0.2, -0.15) is 0 Å². The molecule has 0 spiro atoms. The number of ether oxygens (including phenoxy) is 1. The van der Waals surface area contributed by atoms with Gasteiger partial charge in [-0.15, -0.1) is 0 Å². The zero-order valence-corrected chi connectivity index (χ0v) is 13.7. The van der Waals surface area contributed by atoms with Crippen molar-refractivity contribution in [1.82, 2.24) is 0 Å². The molecule has 21 heavy (non-hydrogen) atoms. The van der Waals surface area contributed by atoms with E-state index in [2.05, 4.69) is 6.92 Å². The van der Waals surface area contributed by atoms with Crippen LogP contribution in [0.4, 0.5) is 0 Å². The van der Waals surface area contributed by atoms with Crippen LogP contribution in [-0.2, 0) is 0 Å². The van der Waals surface area contributed by atoms with Crippen molar-refractivity contribution in [1.29, 1.82) is 0 Å². The maximum atomic E-state index is 5.69. The highest BCUT2D eigenvalue weighted by atomic mass is 16.5. The molecule has 0 bridgehead atoms. The third kappa shape index (κ3) is 11.4. The first-order valence-electron chi connectivity index (χ1n) is 8.90. The lowest BCUT2D eigenvalue weighted by Crippen LogP contribution is -1.96. The molecule has 0 fully saturated rings. The molecule has 0 aliphatic heterocycles. The van der Waals surface area contributed by atoms with Gasteiger partial charge in [-0.05, 0) is 18.6 Å². The summed E-state index contributed by atoms with van der Waals surface area (Å²) in [5, 5.41) is 0. The Labute approximate surface area is 132 Å². The Morgan fingerprint density at radius 1 is 0.619 bits per heavy atom. The van der Waals surface area contributed by atoms with E-state index in [9.17, 15) is 0 Å². The maximum absolute atomic E-state index is 5.69. The summed E-state index contributed by atoms with van der Waals surface area (Å²) in [5.41, 5.74) is 0. The zero-order chi connectivity index (χ0) is 15.0. The Hall–Kier alpha value is -0.980. The van der Waals surface area contributed by atoms with Crippen molar-refractivity contribution in [2.24, 2.45) is 0 Å². The van der Waals surface area contributed by atoms with Crippen molar-refractivity contribution in [3.05, 3.63) is 37.3 Å². The van der Waals surface area contributed by atoms with E-state index in [0.29, 0.717) is 0 Å². The SMILES string of the molecule is [CH2]CCCCCCCCCCCCCOc1ccccc1. The van der Waals surface area contributed by atoms with Crippen LogP contribution in [0.2, 0.25) is 0 Å². The van der Waals surface area contributed by atoms with E-state index in [1.165, 1.54) is 70.6 Å². The molecule has 1 aromatic rings. The Bertz CT molecular complexity index is 307. The summed E-state index contributed by atoms with van der Waals surface area (Å²) >= 11 is 0. The fraction of sp³-hybridized carbons (Fsp3) is 0.650. The number of hydrogen-bond acceptors (Lipinski definition) is 1. The monoisotopic (exact) mass is 289 g/mol. The number of para-hydroxylation sites is 1. The molecule has 0 aliphatic carbocycles. The van der Waals surface area contributed by atoms with E-state index >= 15 is 0 Å². The molecule has 0 saturated heterocycles. The Morgan fingerprint density at radius 3 is 1.62 bits per heavy atom. The van der Waals surface area contributed by atoms with Gasteiger partial charge in [0.2, 0.25) is 0 Å². The molecule has 1 nitrogen and oxygen atoms in total. The second kappa shape index (κ2) is 14.0. The predicted molar refractivity (Wildman–Crippen MR) is 92.7 cm³/mol. The molecule has 0 atom stereocenters. The molecule has 0 saturated carbocycles. The molecule has 1 rings (SSSR count). The minimum Gasteiger partial charge on any atom is -0.494 e. The smallest absolute Gasteiger partial charge is 0.119 e. The van der Waals surface area contributed by atoms with Gasteiger partial charge in [0.25, 0.3) is 0 Å². The van der Waals surface area contributed by atoms with Gasteiger partial charge in [-0.1, -0.05) is 95.8 Å². The summed E-state index contributed by atoms with van der Waals surface area (Å²) in [6.07, 6.45) is 16.1. The lowest BCUT2D eigenvalue weighted by atomic mass is 10.1. The van der Waals surface area contributed by atoms with Gasteiger partial charge in [-0.25, -0.2) is 0 Å². The van der Waals surface area contributed by atoms with Crippen LogP contribution in [0.3, 0.4) is 0 Å². The number of rotatable bonds is 14. The Balaban J connectivity index is 1.75. The minimum absolute atomic E-state index is 0.857. The fourth-order valence-electron chi connectivity index (χ4n) is 2.58. The minimum atomic E-state index is 0.857. The van der Waals surface area contributed by atoms with Gasteiger partial charge in [0, 0.05) is 0 Å². The van der Waals surface area contributed by atoms with Gasteiger partial charge in [0.05, 0.1) is 6.61 Å². The molecule has 1 radical (unpaired) electrons. The van der Waals surface area contributed by atoms with Crippen LogP contribution < -0.4 is 4.74 Å². The first-order chi connectivity index (χ1) is 10.4. The standard InChI is InChI=1S/C20H33O/c1-2-3-4-5-6-7-8-9-10-11-12-16-19-21-20-17-14-13-15-18-20/h13-15,17-18H,1-12,16,19H2. The summed E-state index contributed by atoms with van der Waals surface area (Å²) in [7, 11) is 0. The van der Waals surface area contributed by atoms with Crippen LogP contribution in [0.5, 0.6) is 5.75 Å². The summed E-state index contributed by atoms with van der Waals surface area (Å²) in [4.78, 5) is 0. The quantitative estimate of drug-likeness (QED) is 0.351. The zero-order valence-electron chi connectivity index (χ0n) is 13.7. The second-order valence-electron chi connectivity index (χ2n) is 5.90. The summed E-state index contributed by atoms with van der Waals surface area (Å²) in [6.45, 7) is 4.74. The Morgan fingerprint density at radius 2 is 1.10 bits per heavy atom. The van der Waals surface area contributed by atoms with Crippen LogP contribution in [0, 0.1) is 6.92 Å². The average molecular weight is 289 g/mol. The van der Waals surface area contributed by atoms with Gasteiger partial charge < -0.3 is 4.74 Å². The lowest BCUT2D eigenvalue weighted by Gasteiger charge is -2.05. The van der Waals surface area contributed by atoms with Crippen molar-refractivity contribution in [2.75, 3.05) is 6.61 Å². The van der Waals surface area contributed by atoms with Gasteiger partial charge >= 0.3 is 0 Å². The van der Waals surface area contributed by atoms with E-state index in [4.69, 9.17) is 4.74 Å². The maximum Gasteiger partial charge on any atom is 0.119 e. The van der Waals surface area contributed by atoms with Crippen LogP contribution in [-0.4, -0.2) is 6.61 Å². The number of unbranched alkanes of at least 4 members (excludes halogenated alkanes) is 11. The molecule has 0 aromatic heterocycles. The highest BCUT2D eigenvalue weighted by Gasteiger charge is 1.94. The first-order valence-corrected chi connectivity index (χ1v) is 8.90. The van der Waals surface area contributed by atoms with E-state index in [1.807, 2.05) is 30.3 Å². The van der Waals surface area contributed by atoms with Crippen molar-refractivity contribution < 1.29 is 4.74 Å². The van der Waals surface area contributed by atoms with Gasteiger partial charge in [0.1, 0.15) is 5.75 Å². The van der Waals surface area contributed by atoms with E-state index in [1.54, 1.807) is 0 Å². The highest BCUT2D eigenvalue weighted by Crippen LogP contribution is 2.13. The molecule has 0 unspecified atom stereocenters. The predicted octanol–water partition coefficient (Wildman–Crippen LogP) is 6.58. The topological polar surface area (TPSA) is 9.23 Å². The molecule has 119 valence electrons. The summed E-state index contributed by atoms with van der Waals surface area (Å²) in [6, 6.07) is 10.1. The van der Waals surface area contributed by atoms with E-state index in [0.717, 1.165) is 18.8 Å². The first kappa shape index (κ1) is 18.1. The van der Waals surface area contributed by atoms with Crippen molar-refractivity contribution in [2.45, 2.75) is 77.0 Å². The van der Waals surface area contributed by atoms with Crippen molar-refractivity contribution in [3.63, 3.8) is 0 Å². The molecule has 0 aliphatic rings. The summed E-state index contributed by atoms with van der Waals surface area (Å²) < 4.78 is 5.69. The molecule has 0 N–H and O–H groups in total. The average Bonchev–Trinajstić information content (AvgIpc) is 2.53. The largest absolute Gasteiger partial charge is 0.494 e. The number of benzene rings is 1. The third-order valence-electron chi connectivity index (χ3n) is 3.91.